The number of carbonyl (C=O) groups excluding carboxylic acids is 2. The van der Waals surface area contributed by atoms with Crippen molar-refractivity contribution in [1.29, 1.82) is 0 Å². The zero-order valence-corrected chi connectivity index (χ0v) is 23.3. The second kappa shape index (κ2) is 15.7. The Hall–Kier alpha value is -3.22. The highest BCUT2D eigenvalue weighted by atomic mass is 19.3. The molecule has 2 heterocycles. The smallest absolute Gasteiger partial charge is 0.351 e. The normalized spacial score (nSPS) is 19.7. The number of aliphatic hydroxyl groups excluding tert-OH is 2. The Morgan fingerprint density at radius 2 is 1.73 bits per heavy atom. The maximum Gasteiger partial charge on any atom is 0.351 e. The Kier molecular flexibility index (Phi) is 12.4. The van der Waals surface area contributed by atoms with Gasteiger partial charge in [-0.2, -0.15) is 13.8 Å². The van der Waals surface area contributed by atoms with Crippen LogP contribution in [0.15, 0.2) is 41.3 Å². The van der Waals surface area contributed by atoms with Crippen LogP contribution in [0.5, 0.6) is 0 Å². The fourth-order valence-corrected chi connectivity index (χ4v) is 4.66. The highest BCUT2D eigenvalue weighted by Crippen LogP contribution is 2.42. The third-order valence-corrected chi connectivity index (χ3v) is 6.99. The number of aliphatic hydroxyl groups is 2. The number of benzene rings is 1. The predicted molar refractivity (Wildman–Crippen MR) is 147 cm³/mol. The van der Waals surface area contributed by atoms with Crippen molar-refractivity contribution in [3.05, 3.63) is 58.1 Å². The summed E-state index contributed by atoms with van der Waals surface area (Å²) in [6, 6.07) is 7.53. The fraction of sp³-hybridized carbons (Fsp3) is 0.586. The van der Waals surface area contributed by atoms with Gasteiger partial charge in [-0.05, 0) is 24.1 Å². The fourth-order valence-electron chi connectivity index (χ4n) is 4.66. The molecule has 1 aromatic heterocycles. The summed E-state index contributed by atoms with van der Waals surface area (Å²) in [5.41, 5.74) is -0.580. The molecule has 1 saturated heterocycles. The van der Waals surface area contributed by atoms with Crippen molar-refractivity contribution in [3.63, 3.8) is 0 Å². The maximum atomic E-state index is 14.4. The van der Waals surface area contributed by atoms with Gasteiger partial charge in [0.15, 0.2) is 6.10 Å². The van der Waals surface area contributed by atoms with Crippen LogP contribution in [0.3, 0.4) is 0 Å². The Morgan fingerprint density at radius 3 is 2.37 bits per heavy atom. The van der Waals surface area contributed by atoms with Crippen LogP contribution in [0.1, 0.15) is 86.9 Å². The van der Waals surface area contributed by atoms with Crippen molar-refractivity contribution in [2.75, 3.05) is 18.5 Å². The van der Waals surface area contributed by atoms with Crippen molar-refractivity contribution in [2.24, 2.45) is 0 Å². The highest BCUT2D eigenvalue weighted by molar-refractivity contribution is 6.05. The van der Waals surface area contributed by atoms with E-state index in [1.165, 1.54) is 44.6 Å². The average molecular weight is 580 g/mol. The van der Waals surface area contributed by atoms with Crippen LogP contribution < -0.4 is 11.0 Å². The summed E-state index contributed by atoms with van der Waals surface area (Å²) in [6.45, 7) is 1.64. The Balaban J connectivity index is 1.51. The van der Waals surface area contributed by atoms with E-state index in [-0.39, 0.29) is 17.8 Å². The number of ether oxygens (including phenoxy) is 2. The number of hydrogen-bond donors (Lipinski definition) is 3. The number of amides is 1. The number of rotatable bonds is 16. The number of halogens is 2. The second-order valence-corrected chi connectivity index (χ2v) is 10.2. The first-order chi connectivity index (χ1) is 19.7. The molecule has 1 aliphatic rings. The third-order valence-electron chi connectivity index (χ3n) is 6.99. The zero-order chi connectivity index (χ0) is 29.8. The van der Waals surface area contributed by atoms with E-state index in [0.29, 0.717) is 16.7 Å². The largest absolute Gasteiger partial charge is 0.465 e. The van der Waals surface area contributed by atoms with Crippen LogP contribution in [0, 0.1) is 0 Å². The molecule has 226 valence electrons. The van der Waals surface area contributed by atoms with Crippen molar-refractivity contribution in [2.45, 2.75) is 95.5 Å². The van der Waals surface area contributed by atoms with Crippen molar-refractivity contribution in [1.82, 2.24) is 9.55 Å². The number of anilines is 1. The molecule has 12 heteroatoms. The van der Waals surface area contributed by atoms with E-state index in [1.54, 1.807) is 18.2 Å². The van der Waals surface area contributed by atoms with Gasteiger partial charge in [0.1, 0.15) is 11.9 Å². The minimum Gasteiger partial charge on any atom is -0.465 e. The van der Waals surface area contributed by atoms with E-state index in [9.17, 15) is 28.3 Å². The number of hydrogen-bond acceptors (Lipinski definition) is 8. The van der Waals surface area contributed by atoms with Crippen molar-refractivity contribution >= 4 is 17.7 Å². The summed E-state index contributed by atoms with van der Waals surface area (Å²) < 4.78 is 39.6. The lowest BCUT2D eigenvalue weighted by molar-refractivity contribution is -0.143. The van der Waals surface area contributed by atoms with Gasteiger partial charge in [0, 0.05) is 11.8 Å². The number of nitrogens with zero attached hydrogens (tertiary/aromatic N) is 2. The minimum absolute atomic E-state index is 0.126. The number of nitrogens with one attached hydrogen (secondary N) is 1. The molecule has 3 atom stereocenters. The second-order valence-electron chi connectivity index (χ2n) is 10.2. The number of aromatic nitrogens is 2. The summed E-state index contributed by atoms with van der Waals surface area (Å²) in [6.07, 6.45) is 5.09. The molecule has 0 spiro atoms. The standard InChI is InChI=1S/C29H39F2N3O7/c1-2-3-4-5-6-7-8-9-12-17-40-24(36)18-20-13-10-11-14-21(20)26(38)32-23-15-16-34(28(39)33-23)27-29(30,31)25(37)22(19-35)41-27/h10-11,13-16,22,25,27,35,37H,2-9,12,17-19H2,1H3,(H,32,33,38,39)/t22-,25-,27-/m1/s1. The summed E-state index contributed by atoms with van der Waals surface area (Å²) in [5.74, 6) is -5.19. The summed E-state index contributed by atoms with van der Waals surface area (Å²) in [7, 11) is 0. The van der Waals surface area contributed by atoms with Crippen LogP contribution >= 0.6 is 0 Å². The van der Waals surface area contributed by atoms with Gasteiger partial charge in [-0.25, -0.2) is 4.79 Å². The molecule has 2 aromatic rings. The van der Waals surface area contributed by atoms with Crippen LogP contribution in [0.2, 0.25) is 0 Å². The Labute approximate surface area is 237 Å². The molecule has 1 aromatic carbocycles. The first-order valence-electron chi connectivity index (χ1n) is 14.1. The molecular weight excluding hydrogens is 540 g/mol. The molecule has 3 N–H and O–H groups in total. The molecule has 0 radical (unpaired) electrons. The van der Waals surface area contributed by atoms with E-state index >= 15 is 0 Å². The van der Waals surface area contributed by atoms with Gasteiger partial charge in [-0.15, -0.1) is 0 Å². The zero-order valence-electron chi connectivity index (χ0n) is 23.3. The van der Waals surface area contributed by atoms with Crippen LogP contribution in [-0.4, -0.2) is 63.0 Å². The van der Waals surface area contributed by atoms with Gasteiger partial charge in [-0.1, -0.05) is 76.5 Å². The van der Waals surface area contributed by atoms with Gasteiger partial charge >= 0.3 is 17.6 Å². The first-order valence-corrected chi connectivity index (χ1v) is 14.1. The number of esters is 1. The van der Waals surface area contributed by atoms with Gasteiger partial charge < -0.3 is 25.0 Å². The molecule has 0 bridgehead atoms. The Bertz CT molecular complexity index is 1210. The van der Waals surface area contributed by atoms with Gasteiger partial charge in [0.2, 0.25) is 6.23 Å². The van der Waals surface area contributed by atoms with Gasteiger partial charge in [0.25, 0.3) is 5.91 Å². The molecular formula is C29H39F2N3O7. The summed E-state index contributed by atoms with van der Waals surface area (Å²) in [4.78, 5) is 41.4. The summed E-state index contributed by atoms with van der Waals surface area (Å²) >= 11 is 0. The van der Waals surface area contributed by atoms with E-state index in [4.69, 9.17) is 14.6 Å². The number of alkyl halides is 2. The topological polar surface area (TPSA) is 140 Å². The van der Waals surface area contributed by atoms with Gasteiger partial charge in [0.05, 0.1) is 19.6 Å². The molecule has 1 aliphatic heterocycles. The van der Waals surface area contributed by atoms with Crippen molar-refractivity contribution < 1.29 is 38.1 Å². The maximum absolute atomic E-state index is 14.4. The number of carbonyl (C=O) groups is 2. The quantitative estimate of drug-likeness (QED) is 0.200. The van der Waals surface area contributed by atoms with E-state index in [2.05, 4.69) is 17.2 Å². The van der Waals surface area contributed by atoms with Crippen LogP contribution in [0.4, 0.5) is 14.6 Å². The minimum atomic E-state index is -3.86. The molecule has 0 unspecified atom stereocenters. The average Bonchev–Trinajstić information content (AvgIpc) is 3.17. The number of unbranched alkanes of at least 4 members (excludes halogenated alkanes) is 8. The molecule has 1 amide bonds. The molecule has 0 saturated carbocycles. The molecule has 1 fully saturated rings. The van der Waals surface area contributed by atoms with Crippen molar-refractivity contribution in [3.8, 4) is 0 Å². The summed E-state index contributed by atoms with van der Waals surface area (Å²) in [5, 5.41) is 21.3. The van der Waals surface area contributed by atoms with E-state index in [1.807, 2.05) is 0 Å². The Morgan fingerprint density at radius 1 is 1.07 bits per heavy atom. The van der Waals surface area contributed by atoms with Crippen LogP contribution in [-0.2, 0) is 20.7 Å². The predicted octanol–water partition coefficient (Wildman–Crippen LogP) is 4.00. The van der Waals surface area contributed by atoms with Gasteiger partial charge in [-0.3, -0.25) is 14.2 Å². The first kappa shape index (κ1) is 32.3. The third kappa shape index (κ3) is 8.88. The molecule has 10 nitrogen and oxygen atoms in total. The highest BCUT2D eigenvalue weighted by Gasteiger charge is 2.59. The molecule has 3 rings (SSSR count). The van der Waals surface area contributed by atoms with E-state index < -0.39 is 48.5 Å². The lowest BCUT2D eigenvalue weighted by Crippen LogP contribution is -2.41. The molecule has 0 aliphatic carbocycles. The van der Waals surface area contributed by atoms with Crippen LogP contribution in [0.25, 0.3) is 0 Å². The lowest BCUT2D eigenvalue weighted by Gasteiger charge is -2.21. The monoisotopic (exact) mass is 579 g/mol. The van der Waals surface area contributed by atoms with E-state index in [0.717, 1.165) is 31.5 Å². The SMILES string of the molecule is CCCCCCCCCCCOC(=O)Cc1ccccc1C(=O)Nc1ccn([C@@H]2O[C@H](CO)[C@@H](O)C2(F)F)c(=O)n1. The molecule has 41 heavy (non-hydrogen) atoms. The lowest BCUT2D eigenvalue weighted by atomic mass is 10.0.